The molecule has 1 aromatic heterocycles. The second-order valence-electron chi connectivity index (χ2n) is 4.33. The van der Waals surface area contributed by atoms with Crippen LogP contribution in [0.4, 0.5) is 0 Å². The zero-order valence-electron chi connectivity index (χ0n) is 9.63. The summed E-state index contributed by atoms with van der Waals surface area (Å²) >= 11 is 5.67. The quantitative estimate of drug-likeness (QED) is 0.807. The Balaban J connectivity index is 2.06. The molecule has 1 aliphatic rings. The summed E-state index contributed by atoms with van der Waals surface area (Å²) in [7, 11) is 0. The van der Waals surface area contributed by atoms with E-state index in [0.29, 0.717) is 19.0 Å². The summed E-state index contributed by atoms with van der Waals surface area (Å²) in [6.45, 7) is 0.790. The number of aliphatic hydroxyl groups excluding tert-OH is 1. The average molecular weight is 271 g/mol. The van der Waals surface area contributed by atoms with Gasteiger partial charge in [-0.25, -0.2) is 0 Å². The fourth-order valence-electron chi connectivity index (χ4n) is 1.97. The second kappa shape index (κ2) is 5.89. The molecule has 3 nitrogen and oxygen atoms in total. The van der Waals surface area contributed by atoms with Crippen LogP contribution in [0.1, 0.15) is 35.4 Å². The molecule has 1 heterocycles. The molecule has 0 aliphatic heterocycles. The number of thiol groups is 1. The monoisotopic (exact) mass is 271 g/mol. The summed E-state index contributed by atoms with van der Waals surface area (Å²) in [5, 5.41) is 10.8. The number of amides is 1. The van der Waals surface area contributed by atoms with Gasteiger partial charge in [0.15, 0.2) is 0 Å². The van der Waals surface area contributed by atoms with Gasteiger partial charge in [0.25, 0.3) is 5.91 Å². The summed E-state index contributed by atoms with van der Waals surface area (Å²) in [4.78, 5) is 15.8. The number of thiophene rings is 1. The van der Waals surface area contributed by atoms with Gasteiger partial charge in [-0.1, -0.05) is 0 Å². The predicted molar refractivity (Wildman–Crippen MR) is 71.9 cm³/mol. The van der Waals surface area contributed by atoms with Crippen molar-refractivity contribution in [1.82, 2.24) is 4.90 Å². The van der Waals surface area contributed by atoms with Gasteiger partial charge in [-0.3, -0.25) is 4.79 Å². The molecule has 0 spiro atoms. The molecule has 0 unspecified atom stereocenters. The first kappa shape index (κ1) is 12.9. The second-order valence-corrected chi connectivity index (χ2v) is 5.76. The first-order valence-corrected chi connectivity index (χ1v) is 7.24. The van der Waals surface area contributed by atoms with Gasteiger partial charge in [0.2, 0.25) is 0 Å². The molecule has 5 heteroatoms. The zero-order chi connectivity index (χ0) is 12.3. The summed E-state index contributed by atoms with van der Waals surface area (Å²) in [6, 6.07) is 2.19. The van der Waals surface area contributed by atoms with Gasteiger partial charge in [0, 0.05) is 29.5 Å². The Hall–Kier alpha value is -0.520. The van der Waals surface area contributed by atoms with E-state index >= 15 is 0 Å². The summed E-state index contributed by atoms with van der Waals surface area (Å²) in [5.74, 6) is 0.0912. The number of nitrogens with zero attached hydrogens (tertiary/aromatic N) is 1. The standard InChI is InChI=1S/C12H17NO2S2/c14-6-2-5-13(9-3-1-4-9)12(15)11-7-10(16)8-17-11/h7-9,14,16H,1-6H2. The first-order chi connectivity index (χ1) is 8.22. The topological polar surface area (TPSA) is 40.5 Å². The first-order valence-electron chi connectivity index (χ1n) is 5.91. The van der Waals surface area contributed by atoms with Gasteiger partial charge < -0.3 is 10.0 Å². The third-order valence-corrected chi connectivity index (χ3v) is 4.48. The Morgan fingerprint density at radius 3 is 2.82 bits per heavy atom. The smallest absolute Gasteiger partial charge is 0.264 e. The van der Waals surface area contributed by atoms with Gasteiger partial charge >= 0.3 is 0 Å². The lowest BCUT2D eigenvalue weighted by Crippen LogP contribution is -2.44. The van der Waals surface area contributed by atoms with Crippen LogP contribution in [0.2, 0.25) is 0 Å². The molecular weight excluding hydrogens is 254 g/mol. The molecule has 0 atom stereocenters. The Bertz CT molecular complexity index is 388. The van der Waals surface area contributed by atoms with E-state index in [1.165, 1.54) is 17.8 Å². The minimum Gasteiger partial charge on any atom is -0.396 e. The largest absolute Gasteiger partial charge is 0.396 e. The van der Waals surface area contributed by atoms with Crippen molar-refractivity contribution in [2.45, 2.75) is 36.6 Å². The SMILES string of the molecule is O=C(c1cc(S)cs1)N(CCCO)C1CCC1. The van der Waals surface area contributed by atoms with Crippen molar-refractivity contribution in [1.29, 1.82) is 0 Å². The maximum atomic E-state index is 12.3. The molecule has 94 valence electrons. The predicted octanol–water partition coefficient (Wildman–Crippen LogP) is 2.41. The maximum Gasteiger partial charge on any atom is 0.264 e. The number of aliphatic hydroxyl groups is 1. The van der Waals surface area contributed by atoms with Crippen molar-refractivity contribution >= 4 is 29.9 Å². The van der Waals surface area contributed by atoms with Crippen molar-refractivity contribution in [2.75, 3.05) is 13.2 Å². The summed E-state index contributed by atoms with van der Waals surface area (Å²) in [6.07, 6.45) is 4.05. The number of carbonyl (C=O) groups excluding carboxylic acids is 1. The molecule has 0 saturated heterocycles. The van der Waals surface area contributed by atoms with E-state index in [9.17, 15) is 4.79 Å². The Morgan fingerprint density at radius 2 is 2.35 bits per heavy atom. The Labute approximate surface area is 111 Å². The molecule has 1 fully saturated rings. The van der Waals surface area contributed by atoms with Crippen LogP contribution < -0.4 is 0 Å². The van der Waals surface area contributed by atoms with Crippen molar-refractivity contribution in [3.8, 4) is 0 Å². The number of carbonyl (C=O) groups is 1. The molecule has 0 radical (unpaired) electrons. The molecule has 0 bridgehead atoms. The third-order valence-electron chi connectivity index (χ3n) is 3.13. The highest BCUT2D eigenvalue weighted by atomic mass is 32.1. The molecular formula is C12H17NO2S2. The molecule has 2 rings (SSSR count). The van der Waals surface area contributed by atoms with E-state index in [4.69, 9.17) is 5.11 Å². The van der Waals surface area contributed by atoms with Crippen molar-refractivity contribution in [3.63, 3.8) is 0 Å². The van der Waals surface area contributed by atoms with Gasteiger partial charge in [-0.05, 0) is 31.7 Å². The van der Waals surface area contributed by atoms with Crippen LogP contribution >= 0.6 is 24.0 Å². The molecule has 1 amide bonds. The summed E-state index contributed by atoms with van der Waals surface area (Å²) < 4.78 is 0. The van der Waals surface area contributed by atoms with E-state index in [1.54, 1.807) is 0 Å². The molecule has 1 saturated carbocycles. The fourth-order valence-corrected chi connectivity index (χ4v) is 3.07. The van der Waals surface area contributed by atoms with E-state index < -0.39 is 0 Å². The van der Waals surface area contributed by atoms with Crippen molar-refractivity contribution in [2.24, 2.45) is 0 Å². The van der Waals surface area contributed by atoms with Crippen LogP contribution in [-0.2, 0) is 0 Å². The Kier molecular flexibility index (Phi) is 4.48. The lowest BCUT2D eigenvalue weighted by molar-refractivity contribution is 0.0567. The number of rotatable bonds is 5. The minimum absolute atomic E-state index is 0.0912. The fraction of sp³-hybridized carbons (Fsp3) is 0.583. The molecule has 1 aromatic rings. The van der Waals surface area contributed by atoms with E-state index in [2.05, 4.69) is 12.6 Å². The van der Waals surface area contributed by atoms with E-state index in [-0.39, 0.29) is 12.5 Å². The molecule has 1 aliphatic carbocycles. The highest BCUT2D eigenvalue weighted by Gasteiger charge is 2.29. The lowest BCUT2D eigenvalue weighted by atomic mass is 9.91. The van der Waals surface area contributed by atoms with Gasteiger partial charge in [0.1, 0.15) is 0 Å². The van der Waals surface area contributed by atoms with Crippen LogP contribution in [-0.4, -0.2) is 35.1 Å². The highest BCUT2D eigenvalue weighted by molar-refractivity contribution is 7.80. The van der Waals surface area contributed by atoms with Crippen LogP contribution in [0.25, 0.3) is 0 Å². The molecule has 0 aromatic carbocycles. The van der Waals surface area contributed by atoms with E-state index in [0.717, 1.165) is 22.6 Å². The zero-order valence-corrected chi connectivity index (χ0v) is 11.3. The normalized spacial score (nSPS) is 15.6. The van der Waals surface area contributed by atoms with Crippen LogP contribution in [0.5, 0.6) is 0 Å². The van der Waals surface area contributed by atoms with Gasteiger partial charge in [-0.15, -0.1) is 24.0 Å². The van der Waals surface area contributed by atoms with Crippen LogP contribution in [0.15, 0.2) is 16.3 Å². The van der Waals surface area contributed by atoms with Crippen molar-refractivity contribution < 1.29 is 9.90 Å². The average Bonchev–Trinajstić information content (AvgIpc) is 2.67. The maximum absolute atomic E-state index is 12.3. The summed E-state index contributed by atoms with van der Waals surface area (Å²) in [5.41, 5.74) is 0. The molecule has 1 N–H and O–H groups in total. The van der Waals surface area contributed by atoms with Gasteiger partial charge in [0.05, 0.1) is 4.88 Å². The number of hydrogen-bond acceptors (Lipinski definition) is 4. The van der Waals surface area contributed by atoms with Crippen molar-refractivity contribution in [3.05, 3.63) is 16.3 Å². The highest BCUT2D eigenvalue weighted by Crippen LogP contribution is 2.28. The van der Waals surface area contributed by atoms with Gasteiger partial charge in [-0.2, -0.15) is 0 Å². The Morgan fingerprint density at radius 1 is 1.59 bits per heavy atom. The van der Waals surface area contributed by atoms with Crippen LogP contribution in [0.3, 0.4) is 0 Å². The van der Waals surface area contributed by atoms with E-state index in [1.807, 2.05) is 16.3 Å². The number of hydrogen-bond donors (Lipinski definition) is 2. The minimum atomic E-state index is 0.0912. The third kappa shape index (κ3) is 3.03. The lowest BCUT2D eigenvalue weighted by Gasteiger charge is -2.37. The molecule has 17 heavy (non-hydrogen) atoms. The van der Waals surface area contributed by atoms with Crippen LogP contribution in [0, 0.1) is 0 Å².